The molecular formula is C31H36FN3O5S. The molecule has 0 aromatic heterocycles. The first kappa shape index (κ1) is 30.0. The number of halogens is 1. The number of rotatable bonds is 11. The summed E-state index contributed by atoms with van der Waals surface area (Å²) < 4.78 is 48.1. The lowest BCUT2D eigenvalue weighted by atomic mass is 10.1. The van der Waals surface area contributed by atoms with E-state index in [1.165, 1.54) is 36.3 Å². The van der Waals surface area contributed by atoms with Crippen LogP contribution in [0.5, 0.6) is 5.75 Å². The number of nitrogens with zero attached hydrogens (tertiary/aromatic N) is 2. The zero-order chi connectivity index (χ0) is 29.6. The average molecular weight is 582 g/mol. The van der Waals surface area contributed by atoms with E-state index < -0.39 is 34.3 Å². The minimum absolute atomic E-state index is 0.00784. The number of amides is 2. The predicted molar refractivity (Wildman–Crippen MR) is 156 cm³/mol. The Kier molecular flexibility index (Phi) is 9.65. The van der Waals surface area contributed by atoms with Gasteiger partial charge in [-0.2, -0.15) is 0 Å². The van der Waals surface area contributed by atoms with Crippen LogP contribution in [0.1, 0.15) is 43.7 Å². The second kappa shape index (κ2) is 13.2. The molecule has 3 aromatic rings. The molecule has 2 amide bonds. The summed E-state index contributed by atoms with van der Waals surface area (Å²) in [5.74, 6) is -1.06. The van der Waals surface area contributed by atoms with Crippen molar-refractivity contribution in [3.05, 3.63) is 89.7 Å². The summed E-state index contributed by atoms with van der Waals surface area (Å²) >= 11 is 0. The highest BCUT2D eigenvalue weighted by molar-refractivity contribution is 7.92. The minimum atomic E-state index is -4.22. The van der Waals surface area contributed by atoms with Crippen molar-refractivity contribution in [1.82, 2.24) is 10.2 Å². The van der Waals surface area contributed by atoms with Gasteiger partial charge in [-0.25, -0.2) is 12.8 Å². The molecule has 8 nitrogen and oxygen atoms in total. The van der Waals surface area contributed by atoms with Gasteiger partial charge in [-0.3, -0.25) is 13.9 Å². The molecule has 0 radical (unpaired) electrons. The van der Waals surface area contributed by atoms with Gasteiger partial charge in [-0.15, -0.1) is 0 Å². The maximum atomic E-state index is 14.1. The first-order chi connectivity index (χ1) is 19.6. The third-order valence-electron chi connectivity index (χ3n) is 7.35. The van der Waals surface area contributed by atoms with Crippen LogP contribution >= 0.6 is 0 Å². The van der Waals surface area contributed by atoms with Crippen LogP contribution in [0.15, 0.2) is 77.7 Å². The van der Waals surface area contributed by atoms with Crippen molar-refractivity contribution in [3.63, 3.8) is 0 Å². The van der Waals surface area contributed by atoms with Crippen LogP contribution in [0.2, 0.25) is 0 Å². The zero-order valence-electron chi connectivity index (χ0n) is 23.5. The number of carbonyl (C=O) groups is 2. The monoisotopic (exact) mass is 581 g/mol. The molecule has 0 saturated heterocycles. The maximum Gasteiger partial charge on any atom is 0.264 e. The number of nitrogens with one attached hydrogen (secondary N) is 1. The van der Waals surface area contributed by atoms with Crippen molar-refractivity contribution >= 4 is 27.5 Å². The van der Waals surface area contributed by atoms with E-state index in [0.717, 1.165) is 35.6 Å². The highest BCUT2D eigenvalue weighted by Gasteiger charge is 2.34. The third kappa shape index (κ3) is 7.24. The van der Waals surface area contributed by atoms with Gasteiger partial charge in [-0.05, 0) is 74.2 Å². The summed E-state index contributed by atoms with van der Waals surface area (Å²) in [5.41, 5.74) is 1.58. The Bertz CT molecular complexity index is 1460. The van der Waals surface area contributed by atoms with E-state index in [9.17, 15) is 22.4 Å². The molecule has 10 heteroatoms. The van der Waals surface area contributed by atoms with Crippen molar-refractivity contribution in [1.29, 1.82) is 0 Å². The molecule has 0 bridgehead atoms. The van der Waals surface area contributed by atoms with Crippen LogP contribution in [0.3, 0.4) is 0 Å². The number of ether oxygens (including phenoxy) is 1. The molecule has 1 unspecified atom stereocenters. The van der Waals surface area contributed by atoms with Crippen molar-refractivity contribution < 1.29 is 27.1 Å². The van der Waals surface area contributed by atoms with Gasteiger partial charge in [0.2, 0.25) is 11.8 Å². The SMILES string of the molecule is COc1ccc(C)cc1N(CC(=O)N(Cc1ccc(F)cc1)C(C)C(=O)NC1CCCC1)S(=O)(=O)c1ccccc1. The summed E-state index contributed by atoms with van der Waals surface area (Å²) in [6.45, 7) is 2.84. The second-order valence-electron chi connectivity index (χ2n) is 10.3. The topological polar surface area (TPSA) is 96.0 Å². The third-order valence-corrected chi connectivity index (χ3v) is 9.12. The van der Waals surface area contributed by atoms with Gasteiger partial charge in [0.05, 0.1) is 17.7 Å². The number of carbonyl (C=O) groups excluding carboxylic acids is 2. The van der Waals surface area contributed by atoms with Gasteiger partial charge >= 0.3 is 0 Å². The van der Waals surface area contributed by atoms with Gasteiger partial charge in [0, 0.05) is 12.6 Å². The lowest BCUT2D eigenvalue weighted by molar-refractivity contribution is -0.139. The number of hydrogen-bond acceptors (Lipinski definition) is 5. The lowest BCUT2D eigenvalue weighted by Crippen LogP contribution is -2.52. The smallest absolute Gasteiger partial charge is 0.264 e. The van der Waals surface area contributed by atoms with Crippen LogP contribution in [0.4, 0.5) is 10.1 Å². The largest absolute Gasteiger partial charge is 0.495 e. The minimum Gasteiger partial charge on any atom is -0.495 e. The summed E-state index contributed by atoms with van der Waals surface area (Å²) in [5, 5.41) is 3.03. The molecule has 1 atom stereocenters. The Labute approximate surface area is 241 Å². The Hall–Kier alpha value is -3.92. The number of methoxy groups -OCH3 is 1. The van der Waals surface area contributed by atoms with E-state index in [-0.39, 0.29) is 34.8 Å². The van der Waals surface area contributed by atoms with E-state index >= 15 is 0 Å². The van der Waals surface area contributed by atoms with Crippen molar-refractivity contribution in [3.8, 4) is 5.75 Å². The molecule has 0 aliphatic heterocycles. The van der Waals surface area contributed by atoms with E-state index in [0.29, 0.717) is 5.56 Å². The number of sulfonamides is 1. The van der Waals surface area contributed by atoms with Gasteiger partial charge < -0.3 is 15.0 Å². The van der Waals surface area contributed by atoms with E-state index in [4.69, 9.17) is 4.74 Å². The molecule has 41 heavy (non-hydrogen) atoms. The van der Waals surface area contributed by atoms with E-state index in [1.807, 2.05) is 6.92 Å². The Morgan fingerprint density at radius 3 is 2.32 bits per heavy atom. The molecule has 0 spiro atoms. The maximum absolute atomic E-state index is 14.1. The molecule has 1 N–H and O–H groups in total. The Balaban J connectivity index is 1.72. The summed E-state index contributed by atoms with van der Waals surface area (Å²) in [6, 6.07) is 17.7. The molecule has 218 valence electrons. The van der Waals surface area contributed by atoms with Crippen LogP contribution in [-0.2, 0) is 26.2 Å². The van der Waals surface area contributed by atoms with Gasteiger partial charge in [0.15, 0.2) is 0 Å². The molecule has 3 aromatic carbocycles. The molecule has 4 rings (SSSR count). The fourth-order valence-corrected chi connectivity index (χ4v) is 6.43. The Morgan fingerprint density at radius 2 is 1.68 bits per heavy atom. The van der Waals surface area contributed by atoms with Crippen LogP contribution in [0.25, 0.3) is 0 Å². The van der Waals surface area contributed by atoms with Gasteiger partial charge in [0.25, 0.3) is 10.0 Å². The first-order valence-electron chi connectivity index (χ1n) is 13.7. The zero-order valence-corrected chi connectivity index (χ0v) is 24.4. The van der Waals surface area contributed by atoms with Crippen LogP contribution in [0, 0.1) is 12.7 Å². The predicted octanol–water partition coefficient (Wildman–Crippen LogP) is 4.81. The van der Waals surface area contributed by atoms with Crippen molar-refractivity contribution in [2.24, 2.45) is 0 Å². The number of aryl methyl sites for hydroxylation is 1. The fraction of sp³-hybridized carbons (Fsp3) is 0.355. The number of benzene rings is 3. The van der Waals surface area contributed by atoms with Gasteiger partial charge in [-0.1, -0.05) is 49.2 Å². The first-order valence-corrected chi connectivity index (χ1v) is 15.1. The number of hydrogen-bond donors (Lipinski definition) is 1. The van der Waals surface area contributed by atoms with E-state index in [2.05, 4.69) is 5.32 Å². The van der Waals surface area contributed by atoms with E-state index in [1.54, 1.807) is 55.5 Å². The highest BCUT2D eigenvalue weighted by atomic mass is 32.2. The highest BCUT2D eigenvalue weighted by Crippen LogP contribution is 2.33. The summed E-state index contributed by atoms with van der Waals surface area (Å²) in [7, 11) is -2.79. The molecule has 1 fully saturated rings. The van der Waals surface area contributed by atoms with Crippen LogP contribution in [-0.4, -0.2) is 50.9 Å². The van der Waals surface area contributed by atoms with Crippen LogP contribution < -0.4 is 14.4 Å². The normalized spacial score (nSPS) is 14.3. The fourth-order valence-electron chi connectivity index (χ4n) is 4.99. The quantitative estimate of drug-likeness (QED) is 0.351. The molecule has 0 heterocycles. The molecule has 1 aliphatic rings. The standard InChI is InChI=1S/C31H36FN3O5S/c1-22-13-18-29(40-3)28(19-22)35(41(38,39)27-11-5-4-6-12-27)21-30(36)34(20-24-14-16-25(32)17-15-24)23(2)31(37)33-26-9-7-8-10-26/h4-6,11-19,23,26H,7-10,20-21H2,1-3H3,(H,33,37). The average Bonchev–Trinajstić information content (AvgIpc) is 3.48. The van der Waals surface area contributed by atoms with Crippen molar-refractivity contribution in [2.75, 3.05) is 18.0 Å². The van der Waals surface area contributed by atoms with Gasteiger partial charge in [0.1, 0.15) is 24.2 Å². The van der Waals surface area contributed by atoms with Crippen molar-refractivity contribution in [2.45, 2.75) is 63.1 Å². The molecule has 1 aliphatic carbocycles. The summed E-state index contributed by atoms with van der Waals surface area (Å²) in [6.07, 6.45) is 3.81. The number of anilines is 1. The lowest BCUT2D eigenvalue weighted by Gasteiger charge is -2.33. The molecular weight excluding hydrogens is 545 g/mol. The summed E-state index contributed by atoms with van der Waals surface area (Å²) in [4.78, 5) is 28.7. The Morgan fingerprint density at radius 1 is 1.02 bits per heavy atom. The molecule has 1 saturated carbocycles. The second-order valence-corrected chi connectivity index (χ2v) is 12.2.